The zero-order chi connectivity index (χ0) is 12.8. The van der Waals surface area contributed by atoms with E-state index in [9.17, 15) is 4.79 Å². The van der Waals surface area contributed by atoms with Crippen molar-refractivity contribution in [2.75, 3.05) is 0 Å². The van der Waals surface area contributed by atoms with Gasteiger partial charge in [0.05, 0.1) is 0 Å². The van der Waals surface area contributed by atoms with E-state index in [1.165, 1.54) is 16.8 Å². The molecule has 0 saturated carbocycles. The minimum atomic E-state index is -0.312. The van der Waals surface area contributed by atoms with Crippen LogP contribution in [0.15, 0.2) is 69.9 Å². The van der Waals surface area contributed by atoms with Gasteiger partial charge in [-0.25, -0.2) is 4.79 Å². The number of hydrogen-bond acceptors (Lipinski definition) is 2. The number of benzene rings is 3. The number of hydrogen-bond donors (Lipinski definition) is 0. The van der Waals surface area contributed by atoms with Crippen molar-refractivity contribution in [3.63, 3.8) is 0 Å². The molecule has 4 aromatic rings. The molecular weight excluding hydrogens is 236 g/mol. The van der Waals surface area contributed by atoms with Crippen LogP contribution >= 0.6 is 0 Å². The summed E-state index contributed by atoms with van der Waals surface area (Å²) in [4.78, 5) is 11.4. The Morgan fingerprint density at radius 3 is 2.32 bits per heavy atom. The van der Waals surface area contributed by atoms with Gasteiger partial charge in [-0.15, -0.1) is 0 Å². The van der Waals surface area contributed by atoms with Crippen LogP contribution in [0.4, 0.5) is 0 Å². The highest BCUT2D eigenvalue weighted by Gasteiger charge is 2.06. The van der Waals surface area contributed by atoms with Crippen LogP contribution in [0, 0.1) is 0 Å². The molecule has 4 rings (SSSR count). The highest BCUT2D eigenvalue weighted by molar-refractivity contribution is 6.15. The first kappa shape index (κ1) is 10.3. The van der Waals surface area contributed by atoms with E-state index >= 15 is 0 Å². The summed E-state index contributed by atoms with van der Waals surface area (Å²) in [5, 5.41) is 5.40. The molecule has 19 heavy (non-hydrogen) atoms. The predicted octanol–water partition coefficient (Wildman–Crippen LogP) is 4.10. The molecule has 0 spiro atoms. The maximum absolute atomic E-state index is 11.4. The minimum Gasteiger partial charge on any atom is -0.422 e. The van der Waals surface area contributed by atoms with E-state index in [4.69, 9.17) is 4.42 Å². The van der Waals surface area contributed by atoms with Gasteiger partial charge in [0.1, 0.15) is 5.58 Å². The quantitative estimate of drug-likeness (QED) is 0.345. The first-order valence-corrected chi connectivity index (χ1v) is 6.17. The smallest absolute Gasteiger partial charge is 0.336 e. The lowest BCUT2D eigenvalue weighted by molar-refractivity contribution is 0.564. The zero-order valence-electron chi connectivity index (χ0n) is 10.1. The summed E-state index contributed by atoms with van der Waals surface area (Å²) in [5.74, 6) is 0. The lowest BCUT2D eigenvalue weighted by atomic mass is 10.0. The molecule has 0 unspecified atom stereocenters. The average molecular weight is 246 g/mol. The van der Waals surface area contributed by atoms with Crippen molar-refractivity contribution in [2.24, 2.45) is 0 Å². The summed E-state index contributed by atoms with van der Waals surface area (Å²) in [6.07, 6.45) is 0. The molecule has 90 valence electrons. The monoisotopic (exact) mass is 246 g/mol. The van der Waals surface area contributed by atoms with Crippen molar-refractivity contribution in [1.82, 2.24) is 0 Å². The molecule has 0 aliphatic heterocycles. The van der Waals surface area contributed by atoms with Gasteiger partial charge in [0.2, 0.25) is 0 Å². The fraction of sp³-hybridized carbons (Fsp3) is 0. The first-order chi connectivity index (χ1) is 9.33. The van der Waals surface area contributed by atoms with E-state index < -0.39 is 0 Å². The second kappa shape index (κ2) is 3.69. The molecule has 0 radical (unpaired) electrons. The molecule has 0 amide bonds. The Hall–Kier alpha value is -2.61. The molecule has 2 heteroatoms. The third kappa shape index (κ3) is 1.47. The van der Waals surface area contributed by atoms with Crippen LogP contribution in [0.1, 0.15) is 0 Å². The van der Waals surface area contributed by atoms with Crippen molar-refractivity contribution in [3.8, 4) is 0 Å². The third-order valence-corrected chi connectivity index (χ3v) is 3.51. The molecule has 0 fully saturated rings. The second-order valence-corrected chi connectivity index (χ2v) is 4.62. The molecule has 0 N–H and O–H groups in total. The fourth-order valence-electron chi connectivity index (χ4n) is 2.62. The SMILES string of the molecule is O=c1ccc2ccc3c4ccccc4ccc3c2o1. The molecule has 1 aromatic heterocycles. The lowest BCUT2D eigenvalue weighted by Crippen LogP contribution is -1.94. The molecule has 0 aliphatic rings. The van der Waals surface area contributed by atoms with Crippen molar-refractivity contribution < 1.29 is 4.42 Å². The largest absolute Gasteiger partial charge is 0.422 e. The van der Waals surface area contributed by atoms with Crippen LogP contribution in [0.3, 0.4) is 0 Å². The van der Waals surface area contributed by atoms with Gasteiger partial charge >= 0.3 is 5.63 Å². The van der Waals surface area contributed by atoms with Crippen LogP contribution in [-0.2, 0) is 0 Å². The van der Waals surface area contributed by atoms with Crippen molar-refractivity contribution >= 4 is 32.5 Å². The van der Waals surface area contributed by atoms with Gasteiger partial charge in [-0.05, 0) is 28.3 Å². The van der Waals surface area contributed by atoms with Crippen LogP contribution in [0.25, 0.3) is 32.5 Å². The van der Waals surface area contributed by atoms with E-state index in [1.807, 2.05) is 24.3 Å². The van der Waals surface area contributed by atoms with E-state index in [0.29, 0.717) is 5.58 Å². The topological polar surface area (TPSA) is 30.2 Å². The van der Waals surface area contributed by atoms with E-state index in [2.05, 4.69) is 24.3 Å². The highest BCUT2D eigenvalue weighted by atomic mass is 16.4. The Kier molecular flexibility index (Phi) is 2.00. The summed E-state index contributed by atoms with van der Waals surface area (Å²) in [6, 6.07) is 19.6. The first-order valence-electron chi connectivity index (χ1n) is 6.17. The van der Waals surface area contributed by atoms with Crippen LogP contribution < -0.4 is 5.63 Å². The average Bonchev–Trinajstić information content (AvgIpc) is 2.46. The summed E-state index contributed by atoms with van der Waals surface area (Å²) < 4.78 is 5.37. The molecule has 0 saturated heterocycles. The Labute approximate surface area is 108 Å². The molecule has 2 nitrogen and oxygen atoms in total. The fourth-order valence-corrected chi connectivity index (χ4v) is 2.62. The van der Waals surface area contributed by atoms with Gasteiger partial charge in [-0.3, -0.25) is 0 Å². The number of fused-ring (bicyclic) bond motifs is 5. The normalized spacial score (nSPS) is 11.4. The van der Waals surface area contributed by atoms with Gasteiger partial charge in [-0.2, -0.15) is 0 Å². The molecule has 0 bridgehead atoms. The predicted molar refractivity (Wildman–Crippen MR) is 77.5 cm³/mol. The Bertz CT molecular complexity index is 980. The molecular formula is C17H10O2. The Balaban J connectivity index is 2.31. The van der Waals surface area contributed by atoms with Gasteiger partial charge in [0.25, 0.3) is 0 Å². The summed E-state index contributed by atoms with van der Waals surface area (Å²) >= 11 is 0. The van der Waals surface area contributed by atoms with Crippen molar-refractivity contribution in [3.05, 3.63) is 71.1 Å². The van der Waals surface area contributed by atoms with Gasteiger partial charge < -0.3 is 4.42 Å². The maximum Gasteiger partial charge on any atom is 0.336 e. The number of rotatable bonds is 0. The summed E-state index contributed by atoms with van der Waals surface area (Å²) in [7, 11) is 0. The van der Waals surface area contributed by atoms with Crippen molar-refractivity contribution in [1.29, 1.82) is 0 Å². The molecule has 0 aliphatic carbocycles. The van der Waals surface area contributed by atoms with Gasteiger partial charge in [0.15, 0.2) is 0 Å². The molecule has 3 aromatic carbocycles. The zero-order valence-corrected chi connectivity index (χ0v) is 10.1. The standard InChI is InChI=1S/C17H10O2/c18-16-10-7-12-6-8-14-13-4-2-1-3-11(13)5-9-15(14)17(12)19-16/h1-10H. The van der Waals surface area contributed by atoms with E-state index in [-0.39, 0.29) is 5.63 Å². The maximum atomic E-state index is 11.4. The Morgan fingerprint density at radius 2 is 1.37 bits per heavy atom. The van der Waals surface area contributed by atoms with E-state index in [1.54, 1.807) is 6.07 Å². The van der Waals surface area contributed by atoms with Gasteiger partial charge in [-0.1, -0.05) is 42.5 Å². The second-order valence-electron chi connectivity index (χ2n) is 4.62. The van der Waals surface area contributed by atoms with Crippen LogP contribution in [0.5, 0.6) is 0 Å². The van der Waals surface area contributed by atoms with Crippen LogP contribution in [-0.4, -0.2) is 0 Å². The summed E-state index contributed by atoms with van der Waals surface area (Å²) in [5.41, 5.74) is 0.351. The minimum absolute atomic E-state index is 0.312. The molecule has 1 heterocycles. The van der Waals surface area contributed by atoms with E-state index in [0.717, 1.165) is 16.2 Å². The Morgan fingerprint density at radius 1 is 0.632 bits per heavy atom. The van der Waals surface area contributed by atoms with Crippen LogP contribution in [0.2, 0.25) is 0 Å². The summed E-state index contributed by atoms with van der Waals surface area (Å²) in [6.45, 7) is 0. The lowest BCUT2D eigenvalue weighted by Gasteiger charge is -2.05. The highest BCUT2D eigenvalue weighted by Crippen LogP contribution is 2.30. The molecule has 0 atom stereocenters. The van der Waals surface area contributed by atoms with Gasteiger partial charge in [0, 0.05) is 16.8 Å². The van der Waals surface area contributed by atoms with Crippen molar-refractivity contribution in [2.45, 2.75) is 0 Å². The third-order valence-electron chi connectivity index (χ3n) is 3.51.